The highest BCUT2D eigenvalue weighted by atomic mass is 14.9. The highest BCUT2D eigenvalue weighted by Crippen LogP contribution is 2.43. The second kappa shape index (κ2) is 6.21. The lowest BCUT2D eigenvalue weighted by Gasteiger charge is -2.11. The molecule has 1 aliphatic rings. The van der Waals surface area contributed by atoms with E-state index in [2.05, 4.69) is 49.5 Å². The predicted molar refractivity (Wildman–Crippen MR) is 79.0 cm³/mol. The van der Waals surface area contributed by atoms with Crippen molar-refractivity contribution < 1.29 is 0 Å². The maximum absolute atomic E-state index is 8.99. The van der Waals surface area contributed by atoms with Crippen molar-refractivity contribution in [2.24, 2.45) is 5.41 Å². The Morgan fingerprint density at radius 1 is 1.32 bits per heavy atom. The molecule has 1 unspecified atom stereocenters. The molecule has 0 bridgehead atoms. The Morgan fingerprint density at radius 3 is 2.53 bits per heavy atom. The molecule has 1 aliphatic carbocycles. The van der Waals surface area contributed by atoms with Crippen LogP contribution in [-0.4, -0.2) is 13.1 Å². The summed E-state index contributed by atoms with van der Waals surface area (Å²) in [5.74, 6) is 0.650. The summed E-state index contributed by atoms with van der Waals surface area (Å²) < 4.78 is 0. The summed E-state index contributed by atoms with van der Waals surface area (Å²) in [5.41, 5.74) is 2.78. The van der Waals surface area contributed by atoms with Crippen LogP contribution in [0.5, 0.6) is 0 Å². The van der Waals surface area contributed by atoms with Crippen LogP contribution in [0.2, 0.25) is 0 Å². The van der Waals surface area contributed by atoms with Crippen molar-refractivity contribution >= 4 is 0 Å². The molecular formula is C17H24N2. The van der Waals surface area contributed by atoms with E-state index < -0.39 is 0 Å². The monoisotopic (exact) mass is 256 g/mol. The first kappa shape index (κ1) is 14.1. The highest BCUT2D eigenvalue weighted by molar-refractivity contribution is 5.25. The van der Waals surface area contributed by atoms with Crippen LogP contribution < -0.4 is 5.32 Å². The molecule has 102 valence electrons. The van der Waals surface area contributed by atoms with Crippen LogP contribution in [0.15, 0.2) is 24.3 Å². The molecule has 1 atom stereocenters. The minimum Gasteiger partial charge on any atom is -0.315 e. The average Bonchev–Trinajstić information content (AvgIpc) is 3.24. The Kier molecular flexibility index (Phi) is 4.61. The lowest BCUT2D eigenvalue weighted by Crippen LogP contribution is -2.25. The van der Waals surface area contributed by atoms with E-state index in [1.165, 1.54) is 17.5 Å². The lowest BCUT2D eigenvalue weighted by atomic mass is 9.97. The van der Waals surface area contributed by atoms with Gasteiger partial charge in [-0.1, -0.05) is 38.1 Å². The number of benzene rings is 1. The summed E-state index contributed by atoms with van der Waals surface area (Å²) >= 11 is 0. The minimum absolute atomic E-state index is 0.0274. The summed E-state index contributed by atoms with van der Waals surface area (Å²) in [4.78, 5) is 0. The van der Waals surface area contributed by atoms with Crippen molar-refractivity contribution in [1.29, 1.82) is 5.26 Å². The van der Waals surface area contributed by atoms with Gasteiger partial charge in [-0.25, -0.2) is 0 Å². The van der Waals surface area contributed by atoms with Gasteiger partial charge in [0.25, 0.3) is 0 Å². The van der Waals surface area contributed by atoms with Gasteiger partial charge in [-0.05, 0) is 49.3 Å². The first-order valence-electron chi connectivity index (χ1n) is 7.40. The Bertz CT molecular complexity index is 437. The molecule has 2 nitrogen and oxygen atoms in total. The van der Waals surface area contributed by atoms with Crippen molar-refractivity contribution in [1.82, 2.24) is 5.32 Å². The number of nitriles is 1. The maximum Gasteiger partial charge on any atom is 0.0703 e. The van der Waals surface area contributed by atoms with Crippen LogP contribution in [0.25, 0.3) is 0 Å². The largest absolute Gasteiger partial charge is 0.315 e. The third kappa shape index (κ3) is 3.81. The average molecular weight is 256 g/mol. The SMILES string of the molecule is CCC(C)c1ccc(CCNCC2(C#N)CC2)cc1. The normalized spacial score (nSPS) is 17.7. The minimum atomic E-state index is -0.0274. The van der Waals surface area contributed by atoms with E-state index in [0.29, 0.717) is 5.92 Å². The van der Waals surface area contributed by atoms with E-state index in [1.54, 1.807) is 0 Å². The van der Waals surface area contributed by atoms with Crippen LogP contribution in [0.4, 0.5) is 0 Å². The smallest absolute Gasteiger partial charge is 0.0703 e. The van der Waals surface area contributed by atoms with Gasteiger partial charge in [0, 0.05) is 6.54 Å². The molecule has 0 aliphatic heterocycles. The number of hydrogen-bond donors (Lipinski definition) is 1. The van der Waals surface area contributed by atoms with Crippen molar-refractivity contribution in [3.8, 4) is 6.07 Å². The molecular weight excluding hydrogens is 232 g/mol. The number of nitrogens with one attached hydrogen (secondary N) is 1. The van der Waals surface area contributed by atoms with Gasteiger partial charge in [0.15, 0.2) is 0 Å². The first-order valence-corrected chi connectivity index (χ1v) is 7.40. The number of hydrogen-bond acceptors (Lipinski definition) is 2. The van der Waals surface area contributed by atoms with Gasteiger partial charge < -0.3 is 5.32 Å². The molecule has 19 heavy (non-hydrogen) atoms. The predicted octanol–water partition coefficient (Wildman–Crippen LogP) is 3.64. The van der Waals surface area contributed by atoms with Gasteiger partial charge in [0.2, 0.25) is 0 Å². The summed E-state index contributed by atoms with van der Waals surface area (Å²) in [6.45, 7) is 6.32. The van der Waals surface area contributed by atoms with Crippen molar-refractivity contribution in [2.45, 2.75) is 45.4 Å². The van der Waals surface area contributed by atoms with E-state index >= 15 is 0 Å². The van der Waals surface area contributed by atoms with Crippen LogP contribution in [-0.2, 0) is 6.42 Å². The van der Waals surface area contributed by atoms with Gasteiger partial charge in [-0.3, -0.25) is 0 Å². The summed E-state index contributed by atoms with van der Waals surface area (Å²) in [7, 11) is 0. The summed E-state index contributed by atoms with van der Waals surface area (Å²) in [6.07, 6.45) is 4.37. The Morgan fingerprint density at radius 2 is 2.00 bits per heavy atom. The zero-order valence-corrected chi connectivity index (χ0v) is 12.1. The van der Waals surface area contributed by atoms with E-state index in [-0.39, 0.29) is 5.41 Å². The fourth-order valence-corrected chi connectivity index (χ4v) is 2.29. The van der Waals surface area contributed by atoms with Crippen LogP contribution in [0.1, 0.15) is 50.2 Å². The number of rotatable bonds is 7. The van der Waals surface area contributed by atoms with Gasteiger partial charge in [-0.2, -0.15) is 5.26 Å². The van der Waals surface area contributed by atoms with Crippen LogP contribution in [0, 0.1) is 16.7 Å². The molecule has 0 amide bonds. The third-order valence-corrected chi connectivity index (χ3v) is 4.31. The molecule has 0 radical (unpaired) electrons. The Labute approximate surface area is 116 Å². The van der Waals surface area contributed by atoms with E-state index in [1.807, 2.05) is 0 Å². The van der Waals surface area contributed by atoms with Crippen LogP contribution in [0.3, 0.4) is 0 Å². The van der Waals surface area contributed by atoms with E-state index in [4.69, 9.17) is 5.26 Å². The topological polar surface area (TPSA) is 35.8 Å². The zero-order chi connectivity index (χ0) is 13.7. The van der Waals surface area contributed by atoms with Crippen molar-refractivity contribution in [3.63, 3.8) is 0 Å². The molecule has 0 heterocycles. The van der Waals surface area contributed by atoms with Gasteiger partial charge in [0.1, 0.15) is 0 Å². The standard InChI is InChI=1S/C17H24N2/c1-3-14(2)16-6-4-15(5-7-16)8-11-19-13-17(12-18)9-10-17/h4-7,14,19H,3,8-11,13H2,1-2H3. The molecule has 1 aromatic rings. The van der Waals surface area contributed by atoms with Crippen molar-refractivity contribution in [2.75, 3.05) is 13.1 Å². The quantitative estimate of drug-likeness (QED) is 0.756. The van der Waals surface area contributed by atoms with E-state index in [0.717, 1.165) is 32.4 Å². The van der Waals surface area contributed by atoms with Gasteiger partial charge in [0.05, 0.1) is 11.5 Å². The third-order valence-electron chi connectivity index (χ3n) is 4.31. The molecule has 0 saturated heterocycles. The summed E-state index contributed by atoms with van der Waals surface area (Å²) in [5, 5.41) is 12.4. The fraction of sp³-hybridized carbons (Fsp3) is 0.588. The van der Waals surface area contributed by atoms with Gasteiger partial charge >= 0.3 is 0 Å². The molecule has 0 aromatic heterocycles. The second-order valence-corrected chi connectivity index (χ2v) is 5.87. The number of nitrogens with zero attached hydrogens (tertiary/aromatic N) is 1. The molecule has 2 heteroatoms. The molecule has 1 fully saturated rings. The van der Waals surface area contributed by atoms with Gasteiger partial charge in [-0.15, -0.1) is 0 Å². The maximum atomic E-state index is 8.99. The molecule has 2 rings (SSSR count). The fourth-order valence-electron chi connectivity index (χ4n) is 2.29. The van der Waals surface area contributed by atoms with Crippen molar-refractivity contribution in [3.05, 3.63) is 35.4 Å². The Balaban J connectivity index is 1.73. The molecule has 1 saturated carbocycles. The summed E-state index contributed by atoms with van der Waals surface area (Å²) in [6, 6.07) is 11.4. The molecule has 1 aromatic carbocycles. The first-order chi connectivity index (χ1) is 9.19. The van der Waals surface area contributed by atoms with Crippen LogP contribution >= 0.6 is 0 Å². The second-order valence-electron chi connectivity index (χ2n) is 5.87. The molecule has 1 N–H and O–H groups in total. The zero-order valence-electron chi connectivity index (χ0n) is 12.1. The van der Waals surface area contributed by atoms with E-state index in [9.17, 15) is 0 Å². The molecule has 0 spiro atoms. The Hall–Kier alpha value is -1.33. The highest BCUT2D eigenvalue weighted by Gasteiger charge is 2.42. The lowest BCUT2D eigenvalue weighted by molar-refractivity contribution is 0.560.